The van der Waals surface area contributed by atoms with Crippen molar-refractivity contribution in [3.05, 3.63) is 24.0 Å². The van der Waals surface area contributed by atoms with Crippen molar-refractivity contribution in [2.45, 2.75) is 12.8 Å². The summed E-state index contributed by atoms with van der Waals surface area (Å²) >= 11 is 0. The molecule has 1 aromatic rings. The Kier molecular flexibility index (Phi) is 4.42. The number of methoxy groups -OCH3 is 1. The van der Waals surface area contributed by atoms with E-state index in [4.69, 9.17) is 4.74 Å². The van der Waals surface area contributed by atoms with E-state index in [-0.39, 0.29) is 5.82 Å². The van der Waals surface area contributed by atoms with Crippen LogP contribution in [0, 0.1) is 11.7 Å². The molecule has 1 aliphatic rings. The van der Waals surface area contributed by atoms with Crippen molar-refractivity contribution in [1.29, 1.82) is 0 Å². The van der Waals surface area contributed by atoms with E-state index >= 15 is 0 Å². The molecule has 1 aliphatic heterocycles. The van der Waals surface area contributed by atoms with Crippen LogP contribution in [0.1, 0.15) is 12.8 Å². The van der Waals surface area contributed by atoms with Gasteiger partial charge < -0.3 is 15.0 Å². The maximum absolute atomic E-state index is 13.1. The van der Waals surface area contributed by atoms with Gasteiger partial charge in [-0.2, -0.15) is 0 Å². The minimum Gasteiger partial charge on any atom is -0.494 e. The first-order chi connectivity index (χ1) is 8.69. The van der Waals surface area contributed by atoms with E-state index in [0.29, 0.717) is 11.7 Å². The van der Waals surface area contributed by atoms with Gasteiger partial charge in [-0.3, -0.25) is 0 Å². The molecule has 1 saturated heterocycles. The van der Waals surface area contributed by atoms with Crippen LogP contribution < -0.4 is 10.1 Å². The third kappa shape index (κ3) is 3.35. The molecule has 0 aliphatic carbocycles. The SMILES string of the molecule is COc1cc(F)ccc1NCC1CCN(C)CC1. The molecule has 18 heavy (non-hydrogen) atoms. The maximum Gasteiger partial charge on any atom is 0.144 e. The van der Waals surface area contributed by atoms with Crippen LogP contribution in [0.25, 0.3) is 0 Å². The van der Waals surface area contributed by atoms with E-state index in [1.54, 1.807) is 13.2 Å². The van der Waals surface area contributed by atoms with E-state index in [9.17, 15) is 4.39 Å². The van der Waals surface area contributed by atoms with Crippen LogP contribution in [0.5, 0.6) is 5.75 Å². The number of halogens is 1. The summed E-state index contributed by atoms with van der Waals surface area (Å²) in [7, 11) is 3.72. The molecule has 1 aromatic carbocycles. The van der Waals surface area contributed by atoms with Gasteiger partial charge in [0.25, 0.3) is 0 Å². The average Bonchev–Trinajstić information content (AvgIpc) is 2.39. The summed E-state index contributed by atoms with van der Waals surface area (Å²) in [5.41, 5.74) is 0.873. The van der Waals surface area contributed by atoms with Gasteiger partial charge >= 0.3 is 0 Å². The maximum atomic E-state index is 13.1. The Labute approximate surface area is 108 Å². The van der Waals surface area contributed by atoms with Crippen molar-refractivity contribution in [3.8, 4) is 5.75 Å². The van der Waals surface area contributed by atoms with Crippen LogP contribution in [0.15, 0.2) is 18.2 Å². The zero-order valence-electron chi connectivity index (χ0n) is 11.1. The number of nitrogens with one attached hydrogen (secondary N) is 1. The third-order valence-electron chi connectivity index (χ3n) is 3.58. The number of hydrogen-bond acceptors (Lipinski definition) is 3. The molecule has 0 unspecified atom stereocenters. The van der Waals surface area contributed by atoms with Gasteiger partial charge in [0, 0.05) is 12.6 Å². The molecule has 1 heterocycles. The number of nitrogens with zero attached hydrogens (tertiary/aromatic N) is 1. The molecule has 4 heteroatoms. The second-order valence-electron chi connectivity index (χ2n) is 4.97. The molecule has 0 spiro atoms. The molecule has 0 saturated carbocycles. The lowest BCUT2D eigenvalue weighted by Gasteiger charge is -2.29. The molecule has 0 atom stereocenters. The lowest BCUT2D eigenvalue weighted by molar-refractivity contribution is 0.226. The molecular formula is C14H21FN2O. The number of likely N-dealkylation sites (tertiary alicyclic amines) is 1. The Morgan fingerprint density at radius 3 is 2.78 bits per heavy atom. The Hall–Kier alpha value is -1.29. The van der Waals surface area contributed by atoms with Crippen LogP contribution in [-0.4, -0.2) is 38.7 Å². The largest absolute Gasteiger partial charge is 0.494 e. The fourth-order valence-electron chi connectivity index (χ4n) is 2.33. The molecule has 0 radical (unpaired) electrons. The number of hydrogen-bond donors (Lipinski definition) is 1. The van der Waals surface area contributed by atoms with Crippen LogP contribution in [0.2, 0.25) is 0 Å². The summed E-state index contributed by atoms with van der Waals surface area (Å²) in [5, 5.41) is 3.37. The summed E-state index contributed by atoms with van der Waals surface area (Å²) in [6.07, 6.45) is 2.43. The van der Waals surface area contributed by atoms with Crippen molar-refractivity contribution in [2.24, 2.45) is 5.92 Å². The van der Waals surface area contributed by atoms with E-state index in [1.165, 1.54) is 25.0 Å². The van der Waals surface area contributed by atoms with Crippen LogP contribution in [0.3, 0.4) is 0 Å². The zero-order valence-corrected chi connectivity index (χ0v) is 11.1. The minimum atomic E-state index is -0.267. The monoisotopic (exact) mass is 252 g/mol. The summed E-state index contributed by atoms with van der Waals surface area (Å²) in [6, 6.07) is 4.61. The van der Waals surface area contributed by atoms with Crippen molar-refractivity contribution in [1.82, 2.24) is 4.90 Å². The van der Waals surface area contributed by atoms with Crippen molar-refractivity contribution < 1.29 is 9.13 Å². The van der Waals surface area contributed by atoms with Gasteiger partial charge in [-0.15, -0.1) is 0 Å². The molecule has 1 N–H and O–H groups in total. The van der Waals surface area contributed by atoms with Gasteiger partial charge in [0.15, 0.2) is 0 Å². The molecular weight excluding hydrogens is 231 g/mol. The smallest absolute Gasteiger partial charge is 0.144 e. The number of anilines is 1. The fraction of sp³-hybridized carbons (Fsp3) is 0.571. The van der Waals surface area contributed by atoms with Gasteiger partial charge in [0.2, 0.25) is 0 Å². The number of rotatable bonds is 4. The summed E-state index contributed by atoms with van der Waals surface area (Å²) in [5.74, 6) is 0.996. The Morgan fingerprint density at radius 2 is 2.11 bits per heavy atom. The summed E-state index contributed by atoms with van der Waals surface area (Å²) in [6.45, 7) is 3.25. The standard InChI is InChI=1S/C14H21FN2O/c1-17-7-5-11(6-8-17)10-16-13-4-3-12(15)9-14(13)18-2/h3-4,9,11,16H,5-8,10H2,1-2H3. The van der Waals surface area contributed by atoms with Gasteiger partial charge in [-0.25, -0.2) is 4.39 Å². The highest BCUT2D eigenvalue weighted by Gasteiger charge is 2.16. The van der Waals surface area contributed by atoms with Crippen molar-refractivity contribution in [3.63, 3.8) is 0 Å². The highest BCUT2D eigenvalue weighted by molar-refractivity contribution is 5.56. The van der Waals surface area contributed by atoms with Gasteiger partial charge in [0.05, 0.1) is 12.8 Å². The van der Waals surface area contributed by atoms with E-state index in [2.05, 4.69) is 17.3 Å². The fourth-order valence-corrected chi connectivity index (χ4v) is 2.33. The molecule has 3 nitrogen and oxygen atoms in total. The lowest BCUT2D eigenvalue weighted by atomic mass is 9.97. The molecule has 100 valence electrons. The molecule has 0 amide bonds. The Balaban J connectivity index is 1.90. The Bertz CT molecular complexity index is 389. The van der Waals surface area contributed by atoms with Crippen molar-refractivity contribution >= 4 is 5.69 Å². The predicted octanol–water partition coefficient (Wildman–Crippen LogP) is 2.59. The van der Waals surface area contributed by atoms with Crippen molar-refractivity contribution in [2.75, 3.05) is 39.1 Å². The summed E-state index contributed by atoms with van der Waals surface area (Å²) in [4.78, 5) is 2.36. The van der Waals surface area contributed by atoms with E-state index < -0.39 is 0 Å². The number of ether oxygens (including phenoxy) is 1. The van der Waals surface area contributed by atoms with E-state index in [0.717, 1.165) is 25.3 Å². The topological polar surface area (TPSA) is 24.5 Å². The van der Waals surface area contributed by atoms with Gasteiger partial charge in [0.1, 0.15) is 11.6 Å². The summed E-state index contributed by atoms with van der Waals surface area (Å²) < 4.78 is 18.2. The van der Waals surface area contributed by atoms with Crippen LogP contribution in [0.4, 0.5) is 10.1 Å². The highest BCUT2D eigenvalue weighted by Crippen LogP contribution is 2.26. The highest BCUT2D eigenvalue weighted by atomic mass is 19.1. The third-order valence-corrected chi connectivity index (χ3v) is 3.58. The van der Waals surface area contributed by atoms with Gasteiger partial charge in [-0.1, -0.05) is 0 Å². The number of piperidine rings is 1. The lowest BCUT2D eigenvalue weighted by Crippen LogP contribution is -2.32. The number of benzene rings is 1. The van der Waals surface area contributed by atoms with Crippen LogP contribution >= 0.6 is 0 Å². The first-order valence-electron chi connectivity index (χ1n) is 6.45. The minimum absolute atomic E-state index is 0.267. The van der Waals surface area contributed by atoms with Crippen LogP contribution in [-0.2, 0) is 0 Å². The first-order valence-corrected chi connectivity index (χ1v) is 6.45. The normalized spacial score (nSPS) is 17.7. The predicted molar refractivity (Wildman–Crippen MR) is 71.7 cm³/mol. The second-order valence-corrected chi connectivity index (χ2v) is 4.97. The van der Waals surface area contributed by atoms with E-state index in [1.807, 2.05) is 0 Å². The average molecular weight is 252 g/mol. The first kappa shape index (κ1) is 13.1. The Morgan fingerprint density at radius 1 is 1.39 bits per heavy atom. The zero-order chi connectivity index (χ0) is 13.0. The molecule has 0 bridgehead atoms. The second kappa shape index (κ2) is 6.05. The molecule has 0 aromatic heterocycles. The van der Waals surface area contributed by atoms with Gasteiger partial charge in [-0.05, 0) is 51.0 Å². The molecule has 1 fully saturated rings. The quantitative estimate of drug-likeness (QED) is 0.891. The molecule has 2 rings (SSSR count).